The average molecular weight is 293 g/mol. The van der Waals surface area contributed by atoms with Gasteiger partial charge in [-0.1, -0.05) is 13.8 Å². The van der Waals surface area contributed by atoms with Crippen LogP contribution in [0.3, 0.4) is 0 Å². The van der Waals surface area contributed by atoms with Gasteiger partial charge in [0.2, 0.25) is 5.88 Å². The molecule has 2 heterocycles. The molecule has 0 saturated carbocycles. The molecule has 0 aliphatic rings. The minimum Gasteiger partial charge on any atom is -0.493 e. The number of rotatable bonds is 5. The first kappa shape index (κ1) is 14.1. The number of aromatic nitrogens is 3. The molecule has 0 aliphatic heterocycles. The summed E-state index contributed by atoms with van der Waals surface area (Å²) in [6.45, 7) is 4.19. The summed E-state index contributed by atoms with van der Waals surface area (Å²) in [4.78, 5) is 13.6. The zero-order chi connectivity index (χ0) is 13.7. The van der Waals surface area contributed by atoms with Crippen LogP contribution in [0.2, 0.25) is 0 Å². The van der Waals surface area contributed by atoms with Crippen LogP contribution in [0.15, 0.2) is 34.4 Å². The first-order valence-corrected chi connectivity index (χ1v) is 7.99. The maximum atomic E-state index is 9.48. The van der Waals surface area contributed by atoms with Crippen molar-refractivity contribution in [2.75, 3.05) is 11.5 Å². The van der Waals surface area contributed by atoms with Crippen molar-refractivity contribution in [2.24, 2.45) is 0 Å². The van der Waals surface area contributed by atoms with Crippen molar-refractivity contribution >= 4 is 23.5 Å². The average Bonchev–Trinajstić information content (AvgIpc) is 2.41. The fourth-order valence-corrected chi connectivity index (χ4v) is 2.97. The molecule has 0 atom stereocenters. The quantitative estimate of drug-likeness (QED) is 0.852. The first-order chi connectivity index (χ1) is 9.24. The third-order valence-corrected chi connectivity index (χ3v) is 4.06. The van der Waals surface area contributed by atoms with Crippen LogP contribution in [-0.2, 0) is 0 Å². The smallest absolute Gasteiger partial charge is 0.214 e. The molecule has 100 valence electrons. The lowest BCUT2D eigenvalue weighted by Crippen LogP contribution is -1.93. The third kappa shape index (κ3) is 3.61. The highest BCUT2D eigenvalue weighted by molar-refractivity contribution is 7.99. The lowest BCUT2D eigenvalue weighted by molar-refractivity contribution is 0.452. The summed E-state index contributed by atoms with van der Waals surface area (Å²) in [5.74, 6) is 1.90. The van der Waals surface area contributed by atoms with Gasteiger partial charge in [0.25, 0.3) is 0 Å². The summed E-state index contributed by atoms with van der Waals surface area (Å²) in [6, 6.07) is 5.63. The van der Waals surface area contributed by atoms with Crippen LogP contribution >= 0.6 is 23.5 Å². The normalized spacial score (nSPS) is 10.6. The van der Waals surface area contributed by atoms with Gasteiger partial charge in [0.15, 0.2) is 0 Å². The van der Waals surface area contributed by atoms with Crippen molar-refractivity contribution in [3.8, 4) is 17.3 Å². The second-order valence-corrected chi connectivity index (χ2v) is 6.21. The minimum absolute atomic E-state index is 0.0344. The predicted molar refractivity (Wildman–Crippen MR) is 79.7 cm³/mol. The molecule has 19 heavy (non-hydrogen) atoms. The fourth-order valence-electron chi connectivity index (χ4n) is 1.59. The summed E-state index contributed by atoms with van der Waals surface area (Å²) in [7, 11) is 0. The summed E-state index contributed by atoms with van der Waals surface area (Å²) in [5, 5.41) is 10.4. The van der Waals surface area contributed by atoms with Crippen LogP contribution in [0.25, 0.3) is 11.4 Å². The molecular weight excluding hydrogens is 278 g/mol. The molecule has 0 radical (unpaired) electrons. The van der Waals surface area contributed by atoms with Crippen LogP contribution in [-0.4, -0.2) is 31.6 Å². The standard InChI is InChI=1S/C13H15N3OS2/c1-3-18-10-5-6-12(19-4-2)16-13(10)9-7-11(17)15-8-14-9/h5-8H,3-4H2,1-2H3,(H,14,15,17). The second kappa shape index (κ2) is 6.77. The molecule has 0 unspecified atom stereocenters. The maximum absolute atomic E-state index is 9.48. The predicted octanol–water partition coefficient (Wildman–Crippen LogP) is 3.47. The SMILES string of the molecule is CCSc1ccc(SCC)c(-c2cc(O)ncn2)n1. The van der Waals surface area contributed by atoms with Crippen LogP contribution < -0.4 is 0 Å². The van der Waals surface area contributed by atoms with Gasteiger partial charge in [-0.2, -0.15) is 0 Å². The Kier molecular flexibility index (Phi) is 5.04. The molecule has 2 aromatic rings. The van der Waals surface area contributed by atoms with E-state index < -0.39 is 0 Å². The second-order valence-electron chi connectivity index (χ2n) is 3.62. The Hall–Kier alpha value is -1.27. The van der Waals surface area contributed by atoms with Crippen LogP contribution in [0.4, 0.5) is 0 Å². The number of pyridine rings is 1. The first-order valence-electron chi connectivity index (χ1n) is 6.02. The highest BCUT2D eigenvalue weighted by Crippen LogP contribution is 2.31. The monoisotopic (exact) mass is 293 g/mol. The molecular formula is C13H15N3OS2. The van der Waals surface area contributed by atoms with Crippen LogP contribution in [0.1, 0.15) is 13.8 Å². The molecule has 1 N–H and O–H groups in total. The number of nitrogens with zero attached hydrogens (tertiary/aromatic N) is 3. The molecule has 0 bridgehead atoms. The van der Waals surface area contributed by atoms with Gasteiger partial charge in [-0.15, -0.1) is 23.5 Å². The van der Waals surface area contributed by atoms with E-state index in [1.807, 2.05) is 6.07 Å². The van der Waals surface area contributed by atoms with E-state index in [0.717, 1.165) is 27.1 Å². The Morgan fingerprint density at radius 3 is 2.58 bits per heavy atom. The molecule has 2 aromatic heterocycles. The van der Waals surface area contributed by atoms with Gasteiger partial charge in [0.1, 0.15) is 12.0 Å². The van der Waals surface area contributed by atoms with Crippen molar-refractivity contribution in [3.05, 3.63) is 24.5 Å². The van der Waals surface area contributed by atoms with Crippen molar-refractivity contribution in [3.63, 3.8) is 0 Å². The van der Waals surface area contributed by atoms with E-state index in [0.29, 0.717) is 5.69 Å². The van der Waals surface area contributed by atoms with E-state index in [4.69, 9.17) is 0 Å². The summed E-state index contributed by atoms with van der Waals surface area (Å²) in [5.41, 5.74) is 1.46. The van der Waals surface area contributed by atoms with Crippen LogP contribution in [0, 0.1) is 0 Å². The van der Waals surface area contributed by atoms with Crippen molar-refractivity contribution in [2.45, 2.75) is 23.8 Å². The van der Waals surface area contributed by atoms with Gasteiger partial charge in [-0.3, -0.25) is 0 Å². The maximum Gasteiger partial charge on any atom is 0.214 e. The van der Waals surface area contributed by atoms with Gasteiger partial charge in [-0.25, -0.2) is 15.0 Å². The minimum atomic E-state index is -0.0344. The Bertz CT molecular complexity index is 563. The van der Waals surface area contributed by atoms with Gasteiger partial charge in [0, 0.05) is 11.0 Å². The molecule has 0 amide bonds. The van der Waals surface area contributed by atoms with E-state index >= 15 is 0 Å². The lowest BCUT2D eigenvalue weighted by atomic mass is 10.2. The van der Waals surface area contributed by atoms with Crippen LogP contribution in [0.5, 0.6) is 5.88 Å². The Balaban J connectivity index is 2.47. The molecule has 4 nitrogen and oxygen atoms in total. The molecule has 0 aromatic carbocycles. The Labute approximate surface area is 121 Å². The number of aromatic hydroxyl groups is 1. The summed E-state index contributed by atoms with van der Waals surface area (Å²) in [6.07, 6.45) is 1.35. The van der Waals surface area contributed by atoms with Gasteiger partial charge in [-0.05, 0) is 23.6 Å². The third-order valence-electron chi connectivity index (χ3n) is 2.32. The van der Waals surface area contributed by atoms with Gasteiger partial charge < -0.3 is 5.11 Å². The van der Waals surface area contributed by atoms with Crippen molar-refractivity contribution < 1.29 is 5.11 Å². The molecule has 0 fully saturated rings. The topological polar surface area (TPSA) is 58.9 Å². The molecule has 6 heteroatoms. The van der Waals surface area contributed by atoms with E-state index in [2.05, 4.69) is 34.9 Å². The highest BCUT2D eigenvalue weighted by Gasteiger charge is 2.11. The van der Waals surface area contributed by atoms with E-state index in [1.165, 1.54) is 6.33 Å². The molecule has 0 spiro atoms. The number of hydrogen-bond donors (Lipinski definition) is 1. The van der Waals surface area contributed by atoms with E-state index in [1.54, 1.807) is 29.6 Å². The van der Waals surface area contributed by atoms with Crippen molar-refractivity contribution in [1.29, 1.82) is 0 Å². The van der Waals surface area contributed by atoms with E-state index in [9.17, 15) is 5.11 Å². The lowest BCUT2D eigenvalue weighted by Gasteiger charge is -2.09. The Morgan fingerprint density at radius 2 is 1.89 bits per heavy atom. The van der Waals surface area contributed by atoms with Gasteiger partial charge >= 0.3 is 0 Å². The largest absolute Gasteiger partial charge is 0.493 e. The molecule has 0 aliphatic carbocycles. The Morgan fingerprint density at radius 1 is 1.11 bits per heavy atom. The highest BCUT2D eigenvalue weighted by atomic mass is 32.2. The van der Waals surface area contributed by atoms with Crippen molar-refractivity contribution in [1.82, 2.24) is 15.0 Å². The molecule has 2 rings (SSSR count). The number of hydrogen-bond acceptors (Lipinski definition) is 6. The summed E-state index contributed by atoms with van der Waals surface area (Å²) >= 11 is 3.40. The zero-order valence-electron chi connectivity index (χ0n) is 10.8. The van der Waals surface area contributed by atoms with E-state index in [-0.39, 0.29) is 5.88 Å². The number of thioether (sulfide) groups is 2. The summed E-state index contributed by atoms with van der Waals surface area (Å²) < 4.78 is 0. The fraction of sp³-hybridized carbons (Fsp3) is 0.308. The zero-order valence-corrected chi connectivity index (χ0v) is 12.5. The molecule has 0 saturated heterocycles. The van der Waals surface area contributed by atoms with Gasteiger partial charge in [0.05, 0.1) is 10.7 Å².